The third kappa shape index (κ3) is 1.90. The molecule has 7 nitrogen and oxygen atoms in total. The summed E-state index contributed by atoms with van der Waals surface area (Å²) in [6.45, 7) is 0. The zero-order chi connectivity index (χ0) is 15.3. The normalized spacial score (nSPS) is 16.8. The Bertz CT molecular complexity index is 772. The van der Waals surface area contributed by atoms with Crippen LogP contribution in [0.1, 0.15) is 50.0 Å². The first-order valence-electron chi connectivity index (χ1n) is 6.89. The van der Waals surface area contributed by atoms with Crippen molar-refractivity contribution < 1.29 is 19.2 Å². The van der Waals surface area contributed by atoms with Gasteiger partial charge in [-0.2, -0.15) is 5.10 Å². The number of hydrogen-bond acceptors (Lipinski definition) is 5. The van der Waals surface area contributed by atoms with Gasteiger partial charge in [0, 0.05) is 6.20 Å². The molecule has 1 aromatic heterocycles. The van der Waals surface area contributed by atoms with E-state index in [1.165, 1.54) is 18.3 Å². The third-order valence-corrected chi connectivity index (χ3v) is 3.69. The van der Waals surface area contributed by atoms with Crippen LogP contribution in [0.4, 0.5) is 0 Å². The molecule has 2 amide bonds. The minimum atomic E-state index is -0.776. The highest BCUT2D eigenvalue weighted by Crippen LogP contribution is 2.34. The Morgan fingerprint density at radius 3 is 2.36 bits per heavy atom. The Labute approximate surface area is 125 Å². The van der Waals surface area contributed by atoms with Crippen molar-refractivity contribution in [1.29, 1.82) is 0 Å². The lowest BCUT2D eigenvalue weighted by molar-refractivity contribution is -0.0584. The molecule has 1 saturated carbocycles. The second-order valence-electron chi connectivity index (χ2n) is 5.27. The fourth-order valence-corrected chi connectivity index (χ4v) is 2.37. The standard InChI is InChI=1S/C15H11N3O4/c19-13-11-3-1-2-4-12(11)14(20)18(13)22-15(21)9-7-16-17(8-9)10-5-6-10/h1-4,7-8,10H,5-6H2. The predicted octanol–water partition coefficient (Wildman–Crippen LogP) is 1.59. The number of imide groups is 1. The van der Waals surface area contributed by atoms with Gasteiger partial charge >= 0.3 is 5.97 Å². The van der Waals surface area contributed by atoms with Crippen LogP contribution in [-0.4, -0.2) is 32.6 Å². The van der Waals surface area contributed by atoms with Crippen molar-refractivity contribution in [3.05, 3.63) is 53.3 Å². The summed E-state index contributed by atoms with van der Waals surface area (Å²) in [7, 11) is 0. The minimum absolute atomic E-state index is 0.212. The lowest BCUT2D eigenvalue weighted by atomic mass is 10.1. The summed E-state index contributed by atoms with van der Waals surface area (Å²) in [5.41, 5.74) is 0.673. The van der Waals surface area contributed by atoms with Crippen molar-refractivity contribution in [2.24, 2.45) is 0 Å². The predicted molar refractivity (Wildman–Crippen MR) is 72.9 cm³/mol. The molecular formula is C15H11N3O4. The van der Waals surface area contributed by atoms with Gasteiger partial charge in [-0.05, 0) is 25.0 Å². The average Bonchev–Trinajstić information content (AvgIpc) is 3.22. The quantitative estimate of drug-likeness (QED) is 0.803. The van der Waals surface area contributed by atoms with Crippen molar-refractivity contribution in [2.75, 3.05) is 0 Å². The highest BCUT2D eigenvalue weighted by atomic mass is 16.7. The number of carbonyl (C=O) groups is 3. The summed E-state index contributed by atoms with van der Waals surface area (Å²) in [6, 6.07) is 6.67. The van der Waals surface area contributed by atoms with Crippen molar-refractivity contribution in [1.82, 2.24) is 14.8 Å². The van der Waals surface area contributed by atoms with Crippen LogP contribution < -0.4 is 0 Å². The molecular weight excluding hydrogens is 286 g/mol. The number of hydrogen-bond donors (Lipinski definition) is 0. The molecule has 0 spiro atoms. The van der Waals surface area contributed by atoms with Crippen LogP contribution in [0.15, 0.2) is 36.7 Å². The Morgan fingerprint density at radius 1 is 1.14 bits per heavy atom. The van der Waals surface area contributed by atoms with Gasteiger partial charge in [-0.15, -0.1) is 0 Å². The van der Waals surface area contributed by atoms with E-state index in [1.807, 2.05) is 0 Å². The van der Waals surface area contributed by atoms with Crippen molar-refractivity contribution in [2.45, 2.75) is 18.9 Å². The van der Waals surface area contributed by atoms with Gasteiger partial charge in [0.05, 0.1) is 28.9 Å². The Morgan fingerprint density at radius 2 is 1.77 bits per heavy atom. The molecule has 0 saturated heterocycles. The van der Waals surface area contributed by atoms with Crippen LogP contribution in [0.5, 0.6) is 0 Å². The molecule has 2 heterocycles. The first kappa shape index (κ1) is 12.8. The number of hydroxylamine groups is 2. The summed E-state index contributed by atoms with van der Waals surface area (Å²) in [5, 5.41) is 4.58. The fourth-order valence-electron chi connectivity index (χ4n) is 2.37. The maximum absolute atomic E-state index is 12.1. The minimum Gasteiger partial charge on any atom is -0.324 e. The summed E-state index contributed by atoms with van der Waals surface area (Å²) in [6.07, 6.45) is 5.01. The largest absolute Gasteiger partial charge is 0.367 e. The van der Waals surface area contributed by atoms with Gasteiger partial charge < -0.3 is 4.84 Å². The van der Waals surface area contributed by atoms with E-state index >= 15 is 0 Å². The Hall–Kier alpha value is -2.96. The number of fused-ring (bicyclic) bond motifs is 1. The van der Waals surface area contributed by atoms with Crippen LogP contribution >= 0.6 is 0 Å². The molecule has 0 bridgehead atoms. The van der Waals surface area contributed by atoms with Gasteiger partial charge in [0.25, 0.3) is 11.8 Å². The smallest absolute Gasteiger partial charge is 0.324 e. The molecule has 2 aromatic rings. The van der Waals surface area contributed by atoms with Gasteiger partial charge in [-0.1, -0.05) is 17.2 Å². The number of amides is 2. The molecule has 0 radical (unpaired) electrons. The van der Waals surface area contributed by atoms with E-state index in [0.29, 0.717) is 11.1 Å². The van der Waals surface area contributed by atoms with Gasteiger partial charge in [0.1, 0.15) is 0 Å². The molecule has 7 heteroatoms. The Kier molecular flexibility index (Phi) is 2.62. The summed E-state index contributed by atoms with van der Waals surface area (Å²) in [4.78, 5) is 41.2. The van der Waals surface area contributed by atoms with Crippen LogP contribution in [0.25, 0.3) is 0 Å². The lowest BCUT2D eigenvalue weighted by Gasteiger charge is -2.11. The fraction of sp³-hybridized carbons (Fsp3) is 0.200. The number of carbonyl (C=O) groups excluding carboxylic acids is 3. The maximum Gasteiger partial charge on any atom is 0.367 e. The summed E-state index contributed by atoms with van der Waals surface area (Å²) < 4.78 is 1.69. The molecule has 0 unspecified atom stereocenters. The molecule has 2 aliphatic rings. The van der Waals surface area contributed by atoms with E-state index in [4.69, 9.17) is 4.84 Å². The lowest BCUT2D eigenvalue weighted by Crippen LogP contribution is -2.32. The summed E-state index contributed by atoms with van der Waals surface area (Å²) in [5.74, 6) is -2.05. The van der Waals surface area contributed by atoms with Gasteiger partial charge in [0.15, 0.2) is 0 Å². The Balaban J connectivity index is 1.55. The number of rotatable bonds is 3. The first-order chi connectivity index (χ1) is 10.6. The average molecular weight is 297 g/mol. The van der Waals surface area contributed by atoms with Crippen LogP contribution in [0.2, 0.25) is 0 Å². The molecule has 1 aliphatic carbocycles. The monoisotopic (exact) mass is 297 g/mol. The highest BCUT2D eigenvalue weighted by molar-refractivity contribution is 6.21. The van der Waals surface area contributed by atoms with Gasteiger partial charge in [0.2, 0.25) is 0 Å². The van der Waals surface area contributed by atoms with E-state index in [1.54, 1.807) is 23.0 Å². The second-order valence-corrected chi connectivity index (χ2v) is 5.27. The van der Waals surface area contributed by atoms with Crippen molar-refractivity contribution >= 4 is 17.8 Å². The van der Waals surface area contributed by atoms with Gasteiger partial charge in [-0.3, -0.25) is 14.3 Å². The number of nitrogens with zero attached hydrogens (tertiary/aromatic N) is 3. The van der Waals surface area contributed by atoms with Crippen LogP contribution in [0.3, 0.4) is 0 Å². The molecule has 0 atom stereocenters. The topological polar surface area (TPSA) is 81.5 Å². The molecule has 1 aliphatic heterocycles. The molecule has 22 heavy (non-hydrogen) atoms. The third-order valence-electron chi connectivity index (χ3n) is 3.69. The van der Waals surface area contributed by atoms with Crippen molar-refractivity contribution in [3.8, 4) is 0 Å². The summed E-state index contributed by atoms with van der Waals surface area (Å²) >= 11 is 0. The number of aromatic nitrogens is 2. The molecule has 110 valence electrons. The van der Waals surface area contributed by atoms with E-state index in [0.717, 1.165) is 12.8 Å². The highest BCUT2D eigenvalue weighted by Gasteiger charge is 2.39. The molecule has 0 N–H and O–H groups in total. The molecule has 1 fully saturated rings. The van der Waals surface area contributed by atoms with E-state index in [9.17, 15) is 14.4 Å². The van der Waals surface area contributed by atoms with Crippen LogP contribution in [-0.2, 0) is 4.84 Å². The number of benzene rings is 1. The first-order valence-corrected chi connectivity index (χ1v) is 6.89. The second kappa shape index (κ2) is 4.52. The molecule has 1 aromatic carbocycles. The zero-order valence-electron chi connectivity index (χ0n) is 11.4. The zero-order valence-corrected chi connectivity index (χ0v) is 11.4. The van der Waals surface area contributed by atoms with Crippen molar-refractivity contribution in [3.63, 3.8) is 0 Å². The SMILES string of the molecule is O=C(ON1C(=O)c2ccccc2C1=O)c1cnn(C2CC2)c1. The molecule has 4 rings (SSSR count). The maximum atomic E-state index is 12.1. The van der Waals surface area contributed by atoms with E-state index in [2.05, 4.69) is 5.10 Å². The van der Waals surface area contributed by atoms with E-state index < -0.39 is 17.8 Å². The van der Waals surface area contributed by atoms with E-state index in [-0.39, 0.29) is 16.7 Å². The van der Waals surface area contributed by atoms with Gasteiger partial charge in [-0.25, -0.2) is 4.79 Å². The van der Waals surface area contributed by atoms with Crippen LogP contribution in [0, 0.1) is 0 Å².